The molecular formula is C18H19N3O6. The summed E-state index contributed by atoms with van der Waals surface area (Å²) in [6, 6.07) is 9.07. The normalized spacial score (nSPS) is 10.5. The first kappa shape index (κ1) is 19.7. The third kappa shape index (κ3) is 5.18. The molecule has 142 valence electrons. The van der Waals surface area contributed by atoms with E-state index >= 15 is 0 Å². The molecule has 2 aromatic rings. The van der Waals surface area contributed by atoms with Gasteiger partial charge in [-0.25, -0.2) is 5.43 Å². The predicted molar refractivity (Wildman–Crippen MR) is 98.6 cm³/mol. The second-order valence-electron chi connectivity index (χ2n) is 5.34. The SMILES string of the molecule is COc1cc(OC)c(OC)cc1C=NNC(=O)Cc1ccc([N+](=O)[O-])cc1. The molecule has 0 saturated carbocycles. The standard InChI is InChI=1S/C18H19N3O6/c1-25-15-10-17(27-3)16(26-2)9-13(15)11-19-20-18(22)8-12-4-6-14(7-5-12)21(23)24/h4-7,9-11H,8H2,1-3H3,(H,20,22). The van der Waals surface area contributed by atoms with E-state index in [2.05, 4.69) is 10.5 Å². The Morgan fingerprint density at radius 2 is 1.67 bits per heavy atom. The van der Waals surface area contributed by atoms with Gasteiger partial charge in [0.25, 0.3) is 5.69 Å². The molecule has 27 heavy (non-hydrogen) atoms. The zero-order valence-electron chi connectivity index (χ0n) is 15.1. The van der Waals surface area contributed by atoms with E-state index < -0.39 is 4.92 Å². The highest BCUT2D eigenvalue weighted by Gasteiger charge is 2.11. The number of benzene rings is 2. The largest absolute Gasteiger partial charge is 0.496 e. The average molecular weight is 373 g/mol. The van der Waals surface area contributed by atoms with E-state index in [1.807, 2.05) is 0 Å². The fraction of sp³-hybridized carbons (Fsp3) is 0.222. The Labute approximate surface area is 155 Å². The number of amides is 1. The van der Waals surface area contributed by atoms with Crippen LogP contribution in [0.2, 0.25) is 0 Å². The molecule has 0 spiro atoms. The van der Waals surface area contributed by atoms with Crippen molar-refractivity contribution in [2.75, 3.05) is 21.3 Å². The summed E-state index contributed by atoms with van der Waals surface area (Å²) in [5.41, 5.74) is 3.60. The van der Waals surface area contributed by atoms with Crippen LogP contribution in [0, 0.1) is 10.1 Å². The van der Waals surface area contributed by atoms with E-state index in [0.29, 0.717) is 28.4 Å². The lowest BCUT2D eigenvalue weighted by Gasteiger charge is -2.11. The van der Waals surface area contributed by atoms with Crippen molar-refractivity contribution in [2.45, 2.75) is 6.42 Å². The van der Waals surface area contributed by atoms with Gasteiger partial charge in [0.05, 0.1) is 38.9 Å². The van der Waals surface area contributed by atoms with Crippen LogP contribution in [0.4, 0.5) is 5.69 Å². The van der Waals surface area contributed by atoms with E-state index in [-0.39, 0.29) is 18.0 Å². The van der Waals surface area contributed by atoms with Crippen molar-refractivity contribution in [3.8, 4) is 17.2 Å². The fourth-order valence-electron chi connectivity index (χ4n) is 2.29. The zero-order valence-corrected chi connectivity index (χ0v) is 15.1. The quantitative estimate of drug-likeness (QED) is 0.432. The number of methoxy groups -OCH3 is 3. The maximum Gasteiger partial charge on any atom is 0.269 e. The molecule has 1 amide bonds. The summed E-state index contributed by atoms with van der Waals surface area (Å²) in [7, 11) is 4.53. The van der Waals surface area contributed by atoms with Crippen molar-refractivity contribution in [3.63, 3.8) is 0 Å². The number of hydrogen-bond acceptors (Lipinski definition) is 7. The highest BCUT2D eigenvalue weighted by Crippen LogP contribution is 2.33. The van der Waals surface area contributed by atoms with E-state index in [9.17, 15) is 14.9 Å². The lowest BCUT2D eigenvalue weighted by atomic mass is 10.1. The van der Waals surface area contributed by atoms with Crippen LogP contribution < -0.4 is 19.6 Å². The van der Waals surface area contributed by atoms with Gasteiger partial charge in [0.2, 0.25) is 5.91 Å². The monoisotopic (exact) mass is 373 g/mol. The minimum atomic E-state index is -0.495. The van der Waals surface area contributed by atoms with E-state index in [1.54, 1.807) is 12.1 Å². The number of nitrogens with one attached hydrogen (secondary N) is 1. The molecule has 2 rings (SSSR count). The Bertz CT molecular complexity index is 849. The molecule has 0 atom stereocenters. The first-order valence-corrected chi connectivity index (χ1v) is 7.83. The molecule has 0 aliphatic rings. The number of ether oxygens (including phenoxy) is 3. The molecule has 0 aliphatic carbocycles. The van der Waals surface area contributed by atoms with Crippen molar-refractivity contribution in [3.05, 3.63) is 57.6 Å². The Morgan fingerprint density at radius 1 is 1.07 bits per heavy atom. The summed E-state index contributed by atoms with van der Waals surface area (Å²) < 4.78 is 15.7. The number of hydrazone groups is 1. The lowest BCUT2D eigenvalue weighted by Crippen LogP contribution is -2.19. The van der Waals surface area contributed by atoms with Crippen LogP contribution in [0.3, 0.4) is 0 Å². The molecule has 2 aromatic carbocycles. The van der Waals surface area contributed by atoms with Crippen molar-refractivity contribution in [1.82, 2.24) is 5.43 Å². The molecule has 0 aromatic heterocycles. The number of rotatable bonds is 8. The number of nitro groups is 1. The van der Waals surface area contributed by atoms with Gasteiger partial charge in [0.15, 0.2) is 11.5 Å². The number of carbonyl (C=O) groups excluding carboxylic acids is 1. The van der Waals surface area contributed by atoms with Crippen LogP contribution in [0.25, 0.3) is 0 Å². The number of hydrogen-bond donors (Lipinski definition) is 1. The van der Waals surface area contributed by atoms with E-state index in [0.717, 1.165) is 0 Å². The zero-order chi connectivity index (χ0) is 19.8. The number of non-ortho nitro benzene ring substituents is 1. The summed E-state index contributed by atoms with van der Waals surface area (Å²) >= 11 is 0. The van der Waals surface area contributed by atoms with Crippen LogP contribution in [-0.2, 0) is 11.2 Å². The second kappa shape index (κ2) is 9.18. The third-order valence-electron chi connectivity index (χ3n) is 3.64. The Kier molecular flexibility index (Phi) is 6.70. The number of nitrogens with zero attached hydrogens (tertiary/aromatic N) is 2. The summed E-state index contributed by atoms with van der Waals surface area (Å²) in [6.45, 7) is 0. The number of carbonyl (C=O) groups is 1. The molecule has 0 aliphatic heterocycles. The molecular weight excluding hydrogens is 354 g/mol. The fourth-order valence-corrected chi connectivity index (χ4v) is 2.29. The van der Waals surface area contributed by atoms with E-state index in [1.165, 1.54) is 51.8 Å². The minimum absolute atomic E-state index is 0.0299. The predicted octanol–water partition coefficient (Wildman–Crippen LogP) is 2.31. The van der Waals surface area contributed by atoms with E-state index in [4.69, 9.17) is 14.2 Å². The molecule has 0 bridgehead atoms. The van der Waals surface area contributed by atoms with Gasteiger partial charge in [-0.15, -0.1) is 0 Å². The highest BCUT2D eigenvalue weighted by molar-refractivity contribution is 5.87. The maximum absolute atomic E-state index is 12.0. The Hall–Kier alpha value is -3.62. The molecule has 1 N–H and O–H groups in total. The van der Waals surface area contributed by atoms with Crippen LogP contribution in [0.1, 0.15) is 11.1 Å². The van der Waals surface area contributed by atoms with Gasteiger partial charge in [0, 0.05) is 23.8 Å². The van der Waals surface area contributed by atoms with Crippen LogP contribution in [0.5, 0.6) is 17.2 Å². The smallest absolute Gasteiger partial charge is 0.269 e. The van der Waals surface area contributed by atoms with Gasteiger partial charge < -0.3 is 14.2 Å². The molecule has 9 nitrogen and oxygen atoms in total. The Morgan fingerprint density at radius 3 is 2.22 bits per heavy atom. The van der Waals surface area contributed by atoms with Crippen LogP contribution in [-0.4, -0.2) is 38.4 Å². The average Bonchev–Trinajstić information content (AvgIpc) is 2.67. The molecule has 0 heterocycles. The minimum Gasteiger partial charge on any atom is -0.496 e. The van der Waals surface area contributed by atoms with Gasteiger partial charge in [0.1, 0.15) is 5.75 Å². The van der Waals surface area contributed by atoms with Gasteiger partial charge in [-0.05, 0) is 11.6 Å². The summed E-state index contributed by atoms with van der Waals surface area (Å²) in [5.74, 6) is 1.14. The topological polar surface area (TPSA) is 112 Å². The van der Waals surface area contributed by atoms with Crippen molar-refractivity contribution in [2.24, 2.45) is 5.10 Å². The molecule has 0 saturated heterocycles. The van der Waals surface area contributed by atoms with Crippen molar-refractivity contribution < 1.29 is 23.9 Å². The van der Waals surface area contributed by atoms with Gasteiger partial charge >= 0.3 is 0 Å². The Balaban J connectivity index is 2.03. The molecule has 0 fully saturated rings. The lowest BCUT2D eigenvalue weighted by molar-refractivity contribution is -0.384. The molecule has 0 radical (unpaired) electrons. The first-order valence-electron chi connectivity index (χ1n) is 7.83. The number of nitro benzene ring substituents is 1. The van der Waals surface area contributed by atoms with Gasteiger partial charge in [-0.2, -0.15) is 5.10 Å². The van der Waals surface area contributed by atoms with Crippen LogP contribution >= 0.6 is 0 Å². The first-order chi connectivity index (χ1) is 13.0. The second-order valence-corrected chi connectivity index (χ2v) is 5.34. The molecule has 9 heteroatoms. The van der Waals surface area contributed by atoms with Gasteiger partial charge in [-0.1, -0.05) is 12.1 Å². The van der Waals surface area contributed by atoms with Crippen LogP contribution in [0.15, 0.2) is 41.5 Å². The third-order valence-corrected chi connectivity index (χ3v) is 3.64. The maximum atomic E-state index is 12.0. The highest BCUT2D eigenvalue weighted by atomic mass is 16.6. The van der Waals surface area contributed by atoms with Gasteiger partial charge in [-0.3, -0.25) is 14.9 Å². The summed E-state index contributed by atoms with van der Waals surface area (Å²) in [6.07, 6.45) is 1.47. The van der Waals surface area contributed by atoms with Crippen molar-refractivity contribution >= 4 is 17.8 Å². The molecule has 0 unspecified atom stereocenters. The van der Waals surface area contributed by atoms with Crippen molar-refractivity contribution in [1.29, 1.82) is 0 Å². The summed E-state index contributed by atoms with van der Waals surface area (Å²) in [5, 5.41) is 14.5. The summed E-state index contributed by atoms with van der Waals surface area (Å²) in [4.78, 5) is 22.1.